The van der Waals surface area contributed by atoms with Crippen LogP contribution in [-0.4, -0.2) is 16.5 Å². The van der Waals surface area contributed by atoms with Crippen molar-refractivity contribution in [3.8, 4) is 0 Å². The summed E-state index contributed by atoms with van der Waals surface area (Å²) in [5.41, 5.74) is 3.14. The van der Waals surface area contributed by atoms with Crippen LogP contribution in [0, 0.1) is 6.92 Å². The number of aromatic nitrogens is 2. The van der Waals surface area contributed by atoms with Crippen LogP contribution in [-0.2, 0) is 6.42 Å². The van der Waals surface area contributed by atoms with Gasteiger partial charge in [0, 0.05) is 11.9 Å². The fraction of sp³-hybridized carbons (Fsp3) is 0.200. The third-order valence-electron chi connectivity index (χ3n) is 3.07. The van der Waals surface area contributed by atoms with Gasteiger partial charge in [-0.15, -0.1) is 0 Å². The average Bonchev–Trinajstić information content (AvgIpc) is 2.92. The van der Waals surface area contributed by atoms with Crippen LogP contribution in [0.3, 0.4) is 0 Å². The Morgan fingerprint density at radius 2 is 2.05 bits per heavy atom. The Morgan fingerprint density at radius 1 is 1.16 bits per heavy atom. The Balaban J connectivity index is 1.74. The predicted molar refractivity (Wildman–Crippen MR) is 75.2 cm³/mol. The van der Waals surface area contributed by atoms with Crippen molar-refractivity contribution in [2.24, 2.45) is 0 Å². The Labute approximate surface area is 111 Å². The minimum atomic E-state index is 0.680. The molecule has 1 N–H and O–H groups in total. The van der Waals surface area contributed by atoms with Gasteiger partial charge in [-0.3, -0.25) is 0 Å². The summed E-state index contributed by atoms with van der Waals surface area (Å²) in [6, 6.07) is 10.0. The summed E-state index contributed by atoms with van der Waals surface area (Å²) in [7, 11) is 0. The van der Waals surface area contributed by atoms with Crippen molar-refractivity contribution in [3.63, 3.8) is 0 Å². The minimum Gasteiger partial charge on any atom is -0.472 e. The lowest BCUT2D eigenvalue weighted by Gasteiger charge is -2.07. The molecule has 0 aliphatic rings. The molecule has 0 aliphatic heterocycles. The molecule has 0 unspecified atom stereocenters. The largest absolute Gasteiger partial charge is 0.472 e. The molecule has 0 spiro atoms. The zero-order valence-corrected chi connectivity index (χ0v) is 10.8. The van der Waals surface area contributed by atoms with E-state index < -0.39 is 0 Å². The molecule has 0 atom stereocenters. The summed E-state index contributed by atoms with van der Waals surface area (Å²) in [6.45, 7) is 2.79. The maximum atomic E-state index is 5.03. The van der Waals surface area contributed by atoms with E-state index in [-0.39, 0.29) is 0 Å². The molecule has 3 rings (SSSR count). The summed E-state index contributed by atoms with van der Waals surface area (Å²) < 4.78 is 5.03. The highest BCUT2D eigenvalue weighted by molar-refractivity contribution is 5.81. The van der Waals surface area contributed by atoms with E-state index in [9.17, 15) is 0 Å². The second-order valence-electron chi connectivity index (χ2n) is 4.46. The van der Waals surface area contributed by atoms with Crippen LogP contribution in [0.2, 0.25) is 0 Å². The molecule has 4 heteroatoms. The summed E-state index contributed by atoms with van der Waals surface area (Å²) in [4.78, 5) is 8.98. The number of anilines is 1. The van der Waals surface area contributed by atoms with Crippen LogP contribution in [0.4, 0.5) is 5.95 Å². The van der Waals surface area contributed by atoms with E-state index in [1.54, 1.807) is 12.5 Å². The highest BCUT2D eigenvalue weighted by atomic mass is 16.3. The van der Waals surface area contributed by atoms with Gasteiger partial charge in [0.2, 0.25) is 5.95 Å². The number of fused-ring (bicyclic) bond motifs is 1. The van der Waals surface area contributed by atoms with Gasteiger partial charge in [0.05, 0.1) is 23.7 Å². The molecule has 2 heterocycles. The van der Waals surface area contributed by atoms with Gasteiger partial charge in [-0.05, 0) is 31.0 Å². The Bertz CT molecular complexity index is 677. The van der Waals surface area contributed by atoms with E-state index in [0.717, 1.165) is 29.6 Å². The smallest absolute Gasteiger partial charge is 0.223 e. The summed E-state index contributed by atoms with van der Waals surface area (Å²) >= 11 is 0. The number of nitrogens with zero attached hydrogens (tertiary/aromatic N) is 2. The molecule has 0 radical (unpaired) electrons. The van der Waals surface area contributed by atoms with Crippen LogP contribution in [0.1, 0.15) is 11.3 Å². The maximum Gasteiger partial charge on any atom is 0.223 e. The number of nitrogens with one attached hydrogen (secondary N) is 1. The predicted octanol–water partition coefficient (Wildman–Crippen LogP) is 3.19. The van der Waals surface area contributed by atoms with E-state index in [0.29, 0.717) is 5.95 Å². The Morgan fingerprint density at radius 3 is 2.89 bits per heavy atom. The van der Waals surface area contributed by atoms with Crippen molar-refractivity contribution >= 4 is 16.9 Å². The van der Waals surface area contributed by atoms with Gasteiger partial charge >= 0.3 is 0 Å². The molecule has 4 nitrogen and oxygen atoms in total. The summed E-state index contributed by atoms with van der Waals surface area (Å²) in [5, 5.41) is 4.35. The van der Waals surface area contributed by atoms with Gasteiger partial charge < -0.3 is 9.73 Å². The Hall–Kier alpha value is -2.36. The van der Waals surface area contributed by atoms with Crippen molar-refractivity contribution in [1.29, 1.82) is 0 Å². The second-order valence-corrected chi connectivity index (χ2v) is 4.46. The highest BCUT2D eigenvalue weighted by Crippen LogP contribution is 2.16. The maximum absolute atomic E-state index is 5.03. The number of aryl methyl sites for hydroxylation is 1. The first-order valence-corrected chi connectivity index (χ1v) is 6.31. The SMILES string of the molecule is Cc1nc(NCCc2ccoc2)nc2ccccc12. The third-order valence-corrected chi connectivity index (χ3v) is 3.07. The number of furan rings is 1. The first kappa shape index (κ1) is 11.7. The Kier molecular flexibility index (Phi) is 3.14. The number of para-hydroxylation sites is 1. The molecule has 2 aromatic heterocycles. The third kappa shape index (κ3) is 2.57. The quantitative estimate of drug-likeness (QED) is 0.775. The summed E-state index contributed by atoms with van der Waals surface area (Å²) in [5.74, 6) is 0.680. The molecule has 0 aliphatic carbocycles. The van der Waals surface area contributed by atoms with Crippen molar-refractivity contribution < 1.29 is 4.42 Å². The normalized spacial score (nSPS) is 10.8. The molecular weight excluding hydrogens is 238 g/mol. The van der Waals surface area contributed by atoms with Crippen molar-refractivity contribution in [1.82, 2.24) is 9.97 Å². The lowest BCUT2D eigenvalue weighted by Crippen LogP contribution is -2.08. The van der Waals surface area contributed by atoms with E-state index in [2.05, 4.69) is 15.3 Å². The molecule has 0 bridgehead atoms. The number of benzene rings is 1. The van der Waals surface area contributed by atoms with Crippen molar-refractivity contribution in [2.75, 3.05) is 11.9 Å². The fourth-order valence-electron chi connectivity index (χ4n) is 2.07. The fourth-order valence-corrected chi connectivity index (χ4v) is 2.07. The zero-order valence-electron chi connectivity index (χ0n) is 10.8. The van der Waals surface area contributed by atoms with Gasteiger partial charge in [-0.1, -0.05) is 18.2 Å². The van der Waals surface area contributed by atoms with Gasteiger partial charge in [0.15, 0.2) is 0 Å². The second kappa shape index (κ2) is 5.10. The van der Waals surface area contributed by atoms with Crippen LogP contribution in [0.15, 0.2) is 47.3 Å². The number of hydrogen-bond donors (Lipinski definition) is 1. The molecule has 3 aromatic rings. The summed E-state index contributed by atoms with van der Waals surface area (Å²) in [6.07, 6.45) is 4.34. The van der Waals surface area contributed by atoms with E-state index in [1.165, 1.54) is 5.56 Å². The number of hydrogen-bond acceptors (Lipinski definition) is 4. The monoisotopic (exact) mass is 253 g/mol. The van der Waals surface area contributed by atoms with Crippen molar-refractivity contribution in [3.05, 3.63) is 54.1 Å². The van der Waals surface area contributed by atoms with E-state index in [1.807, 2.05) is 37.3 Å². The van der Waals surface area contributed by atoms with Crippen LogP contribution >= 0.6 is 0 Å². The molecule has 19 heavy (non-hydrogen) atoms. The molecule has 96 valence electrons. The minimum absolute atomic E-state index is 0.680. The van der Waals surface area contributed by atoms with Crippen LogP contribution in [0.25, 0.3) is 10.9 Å². The average molecular weight is 253 g/mol. The molecule has 0 fully saturated rings. The van der Waals surface area contributed by atoms with Gasteiger partial charge in [-0.25, -0.2) is 9.97 Å². The van der Waals surface area contributed by atoms with E-state index >= 15 is 0 Å². The van der Waals surface area contributed by atoms with Gasteiger partial charge in [0.25, 0.3) is 0 Å². The standard InChI is InChI=1S/C15H15N3O/c1-11-13-4-2-3-5-14(13)18-15(17-11)16-8-6-12-7-9-19-10-12/h2-5,7,9-10H,6,8H2,1H3,(H,16,17,18). The molecular formula is C15H15N3O. The van der Waals surface area contributed by atoms with Crippen LogP contribution < -0.4 is 5.32 Å². The highest BCUT2D eigenvalue weighted by Gasteiger charge is 2.03. The lowest BCUT2D eigenvalue weighted by molar-refractivity contribution is 0.564. The molecule has 0 amide bonds. The van der Waals surface area contributed by atoms with Crippen LogP contribution in [0.5, 0.6) is 0 Å². The number of rotatable bonds is 4. The first-order chi connectivity index (χ1) is 9.33. The van der Waals surface area contributed by atoms with E-state index in [4.69, 9.17) is 4.42 Å². The van der Waals surface area contributed by atoms with Crippen molar-refractivity contribution in [2.45, 2.75) is 13.3 Å². The topological polar surface area (TPSA) is 51.0 Å². The lowest BCUT2D eigenvalue weighted by atomic mass is 10.2. The molecule has 0 saturated carbocycles. The molecule has 1 aromatic carbocycles. The zero-order chi connectivity index (χ0) is 13.1. The van der Waals surface area contributed by atoms with Gasteiger partial charge in [0.1, 0.15) is 0 Å². The first-order valence-electron chi connectivity index (χ1n) is 6.31. The van der Waals surface area contributed by atoms with Gasteiger partial charge in [-0.2, -0.15) is 0 Å². The molecule has 0 saturated heterocycles.